The number of rotatable bonds is 2. The maximum atomic E-state index is 14.0. The van der Waals surface area contributed by atoms with Crippen LogP contribution in [0.1, 0.15) is 22.3 Å². The van der Waals surface area contributed by atoms with Crippen LogP contribution in [0.4, 0.5) is 4.39 Å². The molecule has 1 heteroatoms. The fraction of sp³-hybridized carbons (Fsp3) is 0.125. The van der Waals surface area contributed by atoms with E-state index in [4.69, 9.17) is 0 Å². The Kier molecular flexibility index (Phi) is 3.38. The molecular formula is C16H15F. The van der Waals surface area contributed by atoms with Crippen molar-refractivity contribution >= 4 is 11.9 Å². The molecule has 0 N–H and O–H groups in total. The van der Waals surface area contributed by atoms with Crippen molar-refractivity contribution in [3.63, 3.8) is 0 Å². The van der Waals surface area contributed by atoms with Gasteiger partial charge in [-0.3, -0.25) is 0 Å². The Morgan fingerprint density at radius 2 is 1.65 bits per heavy atom. The second-order valence-corrected chi connectivity index (χ2v) is 4.15. The van der Waals surface area contributed by atoms with Gasteiger partial charge in [-0.25, -0.2) is 4.39 Å². The van der Waals surface area contributed by atoms with E-state index in [1.807, 2.05) is 50.2 Å². The first kappa shape index (κ1) is 11.6. The Morgan fingerprint density at radius 1 is 0.941 bits per heavy atom. The summed E-state index contributed by atoms with van der Waals surface area (Å²) in [4.78, 5) is 0. The first-order valence-corrected chi connectivity index (χ1v) is 5.67. The molecule has 0 atom stereocenters. The summed E-state index contributed by atoms with van der Waals surface area (Å²) in [7, 11) is 0. The van der Waals surface area contributed by atoms with E-state index < -0.39 is 0 Å². The van der Waals surface area contributed by atoms with E-state index in [0.717, 1.165) is 11.1 Å². The molecule has 0 heterocycles. The van der Waals surface area contributed by atoms with E-state index in [9.17, 15) is 4.39 Å². The molecule has 2 aromatic rings. The quantitative estimate of drug-likeness (QED) is 0.647. The number of halogens is 1. The van der Waals surface area contributed by atoms with Gasteiger partial charge in [-0.05, 0) is 36.6 Å². The summed E-state index contributed by atoms with van der Waals surface area (Å²) in [6.45, 7) is 4.05. The van der Waals surface area contributed by atoms with E-state index in [2.05, 4.69) is 0 Å². The van der Waals surface area contributed by atoms with Crippen LogP contribution in [0.2, 0.25) is 0 Å². The van der Waals surface area contributed by atoms with Crippen molar-refractivity contribution < 1.29 is 4.39 Å². The molecule has 2 aromatic carbocycles. The number of benzene rings is 2. The number of hydrogen-bond donors (Lipinski definition) is 0. The Balaban J connectivity index is 2.40. The summed E-state index contributed by atoms with van der Waals surface area (Å²) in [5.74, 6) is -0.195. The predicted molar refractivity (Wildman–Crippen MR) is 71.3 cm³/mol. The molecule has 0 aromatic heterocycles. The highest BCUT2D eigenvalue weighted by Gasteiger charge is 2.02. The lowest BCUT2D eigenvalue weighted by atomic mass is 10.0. The molecule has 0 spiro atoms. The zero-order valence-corrected chi connectivity index (χ0v) is 10.1. The summed E-state index contributed by atoms with van der Waals surface area (Å²) in [6, 6.07) is 15.0. The van der Waals surface area contributed by atoms with Crippen LogP contribution in [-0.4, -0.2) is 0 Å². The van der Waals surface area contributed by atoms with E-state index in [0.29, 0.717) is 5.56 Å². The van der Waals surface area contributed by atoms with Crippen LogP contribution in [0, 0.1) is 13.8 Å². The van der Waals surface area contributed by atoms with Crippen molar-refractivity contribution in [2.24, 2.45) is 0 Å². The summed E-state index contributed by atoms with van der Waals surface area (Å²) < 4.78 is 14.0. The Hall–Kier alpha value is -1.89. The van der Waals surface area contributed by atoms with Crippen LogP contribution in [0.3, 0.4) is 0 Å². The zero-order valence-electron chi connectivity index (χ0n) is 10.1. The largest absolute Gasteiger partial charge is 0.206 e. The van der Waals surface area contributed by atoms with Gasteiger partial charge in [-0.15, -0.1) is 0 Å². The highest BCUT2D eigenvalue weighted by molar-refractivity contribution is 5.78. The number of hydrogen-bond acceptors (Lipinski definition) is 0. The Morgan fingerprint density at radius 3 is 2.35 bits per heavy atom. The van der Waals surface area contributed by atoms with Crippen LogP contribution < -0.4 is 0 Å². The van der Waals surface area contributed by atoms with E-state index in [1.54, 1.807) is 18.2 Å². The highest BCUT2D eigenvalue weighted by Crippen LogP contribution is 2.22. The summed E-state index contributed by atoms with van der Waals surface area (Å²) in [5, 5.41) is 0. The average molecular weight is 226 g/mol. The van der Waals surface area contributed by atoms with Crippen molar-refractivity contribution in [3.05, 3.63) is 70.8 Å². The summed E-state index contributed by atoms with van der Waals surface area (Å²) >= 11 is 0. The van der Waals surface area contributed by atoms with Gasteiger partial charge in [0.2, 0.25) is 0 Å². The normalized spacial score (nSPS) is 11.6. The number of aryl methyl sites for hydroxylation is 1. The molecule has 86 valence electrons. The monoisotopic (exact) mass is 226 g/mol. The molecule has 0 amide bonds. The van der Waals surface area contributed by atoms with Crippen LogP contribution in [0.25, 0.3) is 11.9 Å². The molecule has 0 nitrogen and oxygen atoms in total. The Labute approximate surface area is 101 Å². The zero-order chi connectivity index (χ0) is 12.3. The van der Waals surface area contributed by atoms with Gasteiger partial charge in [0, 0.05) is 5.56 Å². The molecule has 0 aliphatic carbocycles. The van der Waals surface area contributed by atoms with Crippen LogP contribution in [-0.2, 0) is 0 Å². The molecule has 0 saturated heterocycles. The topological polar surface area (TPSA) is 0 Å². The second kappa shape index (κ2) is 4.96. The molecular weight excluding hydrogens is 211 g/mol. The van der Waals surface area contributed by atoms with Crippen LogP contribution in [0.15, 0.2) is 48.5 Å². The van der Waals surface area contributed by atoms with Crippen molar-refractivity contribution in [3.8, 4) is 0 Å². The van der Waals surface area contributed by atoms with Gasteiger partial charge >= 0.3 is 0 Å². The summed E-state index contributed by atoms with van der Waals surface area (Å²) in [5.41, 5.74) is 3.86. The molecule has 0 radical (unpaired) electrons. The predicted octanol–water partition coefficient (Wildman–Crippen LogP) is 4.77. The van der Waals surface area contributed by atoms with Gasteiger partial charge in [0.25, 0.3) is 0 Å². The van der Waals surface area contributed by atoms with Crippen LogP contribution in [0.5, 0.6) is 0 Å². The first-order valence-electron chi connectivity index (χ1n) is 5.67. The molecule has 0 saturated carbocycles. The minimum atomic E-state index is -0.195. The molecule has 2 rings (SSSR count). The third kappa shape index (κ3) is 2.62. The van der Waals surface area contributed by atoms with Gasteiger partial charge in [-0.2, -0.15) is 0 Å². The van der Waals surface area contributed by atoms with Gasteiger partial charge in [0.05, 0.1) is 0 Å². The maximum absolute atomic E-state index is 14.0. The molecule has 0 fully saturated rings. The third-order valence-corrected chi connectivity index (χ3v) is 2.98. The van der Waals surface area contributed by atoms with Gasteiger partial charge in [0.1, 0.15) is 5.83 Å². The van der Waals surface area contributed by atoms with E-state index in [-0.39, 0.29) is 5.83 Å². The van der Waals surface area contributed by atoms with Crippen molar-refractivity contribution in [1.82, 2.24) is 0 Å². The SMILES string of the molecule is Cc1cccc(/C=C(\F)c2ccccc2)c1C. The fourth-order valence-corrected chi connectivity index (χ4v) is 1.75. The van der Waals surface area contributed by atoms with E-state index >= 15 is 0 Å². The first-order chi connectivity index (χ1) is 8.18. The minimum Gasteiger partial charge on any atom is -0.206 e. The fourth-order valence-electron chi connectivity index (χ4n) is 1.75. The molecule has 17 heavy (non-hydrogen) atoms. The van der Waals surface area contributed by atoms with Crippen molar-refractivity contribution in [2.75, 3.05) is 0 Å². The molecule has 0 aliphatic rings. The van der Waals surface area contributed by atoms with Crippen molar-refractivity contribution in [1.29, 1.82) is 0 Å². The second-order valence-electron chi connectivity index (χ2n) is 4.15. The van der Waals surface area contributed by atoms with E-state index in [1.165, 1.54) is 5.56 Å². The van der Waals surface area contributed by atoms with Gasteiger partial charge < -0.3 is 0 Å². The lowest BCUT2D eigenvalue weighted by Crippen LogP contribution is -1.86. The van der Waals surface area contributed by atoms with Gasteiger partial charge in [0.15, 0.2) is 0 Å². The Bertz CT molecular complexity index is 539. The molecule has 0 bridgehead atoms. The maximum Gasteiger partial charge on any atom is 0.131 e. The molecule has 0 unspecified atom stereocenters. The lowest BCUT2D eigenvalue weighted by molar-refractivity contribution is 0.765. The highest BCUT2D eigenvalue weighted by atomic mass is 19.1. The smallest absolute Gasteiger partial charge is 0.131 e. The average Bonchev–Trinajstić information content (AvgIpc) is 2.36. The lowest BCUT2D eigenvalue weighted by Gasteiger charge is -2.04. The van der Waals surface area contributed by atoms with Crippen LogP contribution >= 0.6 is 0 Å². The summed E-state index contributed by atoms with van der Waals surface area (Å²) in [6.07, 6.45) is 1.59. The van der Waals surface area contributed by atoms with Crippen molar-refractivity contribution in [2.45, 2.75) is 13.8 Å². The van der Waals surface area contributed by atoms with Gasteiger partial charge in [-0.1, -0.05) is 48.5 Å². The third-order valence-electron chi connectivity index (χ3n) is 2.98. The standard InChI is InChI=1S/C16H15F/c1-12-7-6-10-15(13(12)2)11-16(17)14-8-4-3-5-9-14/h3-11H,1-2H3/b16-11-. The molecule has 0 aliphatic heterocycles. The minimum absolute atomic E-state index is 0.195.